The van der Waals surface area contributed by atoms with Gasteiger partial charge in [0.15, 0.2) is 6.10 Å². The van der Waals surface area contributed by atoms with Gasteiger partial charge in [0.1, 0.15) is 23.7 Å². The van der Waals surface area contributed by atoms with Crippen LogP contribution in [0.2, 0.25) is 0 Å². The zero-order chi connectivity index (χ0) is 19.4. The molecule has 0 aliphatic heterocycles. The van der Waals surface area contributed by atoms with Crippen LogP contribution in [0.25, 0.3) is 0 Å². The van der Waals surface area contributed by atoms with E-state index in [1.807, 2.05) is 0 Å². The number of benzene rings is 1. The Kier molecular flexibility index (Phi) is 5.71. The van der Waals surface area contributed by atoms with Crippen molar-refractivity contribution >= 4 is 17.4 Å². The van der Waals surface area contributed by atoms with Crippen LogP contribution in [0.4, 0.5) is 5.69 Å². The predicted octanol–water partition coefficient (Wildman–Crippen LogP) is 2.23. The lowest BCUT2D eigenvalue weighted by Gasteiger charge is -2.13. The highest BCUT2D eigenvalue weighted by Gasteiger charge is 2.25. The van der Waals surface area contributed by atoms with E-state index in [0.29, 0.717) is 11.3 Å². The van der Waals surface area contributed by atoms with Crippen LogP contribution in [0, 0.1) is 24.0 Å². The molecule has 1 aromatic heterocycles. The van der Waals surface area contributed by atoms with E-state index in [1.165, 1.54) is 32.6 Å². The molecule has 0 bridgehead atoms. The van der Waals surface area contributed by atoms with E-state index in [1.54, 1.807) is 24.3 Å². The Labute approximate surface area is 149 Å². The molecule has 0 unspecified atom stereocenters. The highest BCUT2D eigenvalue weighted by Crippen LogP contribution is 2.21. The van der Waals surface area contributed by atoms with Crippen LogP contribution in [0.15, 0.2) is 24.3 Å². The van der Waals surface area contributed by atoms with E-state index in [0.717, 1.165) is 0 Å². The molecule has 9 nitrogen and oxygen atoms in total. The van der Waals surface area contributed by atoms with Crippen molar-refractivity contribution in [3.63, 3.8) is 0 Å². The Morgan fingerprint density at radius 2 is 1.88 bits per heavy atom. The fourth-order valence-electron chi connectivity index (χ4n) is 2.51. The third-order valence-corrected chi connectivity index (χ3v) is 3.86. The second-order valence-electron chi connectivity index (χ2n) is 5.66. The van der Waals surface area contributed by atoms with Crippen molar-refractivity contribution in [1.29, 1.82) is 0 Å². The first-order valence-electron chi connectivity index (χ1n) is 7.80. The number of esters is 1. The Bertz CT molecular complexity index is 841. The van der Waals surface area contributed by atoms with E-state index in [2.05, 4.69) is 5.10 Å². The van der Waals surface area contributed by atoms with Crippen molar-refractivity contribution in [2.45, 2.75) is 33.4 Å². The largest absolute Gasteiger partial charge is 0.497 e. The average molecular weight is 361 g/mol. The number of nitro groups is 1. The van der Waals surface area contributed by atoms with Crippen molar-refractivity contribution < 1.29 is 24.0 Å². The van der Waals surface area contributed by atoms with Gasteiger partial charge in [-0.05, 0) is 45.0 Å². The molecule has 0 saturated carbocycles. The zero-order valence-corrected chi connectivity index (χ0v) is 14.9. The number of ether oxygens (including phenoxy) is 2. The molecule has 2 aromatic rings. The van der Waals surface area contributed by atoms with Crippen molar-refractivity contribution in [3.05, 3.63) is 51.3 Å². The first-order chi connectivity index (χ1) is 12.2. The number of carbonyl (C=O) groups is 2. The predicted molar refractivity (Wildman–Crippen MR) is 91.2 cm³/mol. The molecule has 0 saturated heterocycles. The van der Waals surface area contributed by atoms with Gasteiger partial charge in [0.05, 0.1) is 12.0 Å². The highest BCUT2D eigenvalue weighted by molar-refractivity contribution is 6.00. The molecule has 1 aromatic carbocycles. The normalized spacial score (nSPS) is 11.7. The van der Waals surface area contributed by atoms with E-state index in [9.17, 15) is 19.7 Å². The van der Waals surface area contributed by atoms with Crippen LogP contribution in [-0.2, 0) is 16.1 Å². The lowest BCUT2D eigenvalue weighted by atomic mass is 10.1. The Balaban J connectivity index is 2.04. The summed E-state index contributed by atoms with van der Waals surface area (Å²) in [5, 5.41) is 15.0. The first kappa shape index (κ1) is 19.1. The summed E-state index contributed by atoms with van der Waals surface area (Å²) in [5.74, 6) is -0.461. The van der Waals surface area contributed by atoms with Crippen LogP contribution in [-0.4, -0.2) is 39.7 Å². The van der Waals surface area contributed by atoms with Gasteiger partial charge in [-0.25, -0.2) is 0 Å². The number of aryl methyl sites for hydroxylation is 1. The van der Waals surface area contributed by atoms with Crippen molar-refractivity contribution in [2.24, 2.45) is 0 Å². The highest BCUT2D eigenvalue weighted by atomic mass is 16.6. The zero-order valence-electron chi connectivity index (χ0n) is 14.9. The van der Waals surface area contributed by atoms with Crippen molar-refractivity contribution in [3.8, 4) is 5.75 Å². The number of nitrogens with zero attached hydrogens (tertiary/aromatic N) is 3. The van der Waals surface area contributed by atoms with Gasteiger partial charge in [-0.3, -0.25) is 24.4 Å². The number of ketones is 1. The summed E-state index contributed by atoms with van der Waals surface area (Å²) >= 11 is 0. The molecule has 0 aliphatic rings. The molecule has 0 N–H and O–H groups in total. The molecule has 0 aliphatic carbocycles. The minimum atomic E-state index is -0.997. The van der Waals surface area contributed by atoms with E-state index in [-0.39, 0.29) is 29.4 Å². The molecule has 1 heterocycles. The average Bonchev–Trinajstić information content (AvgIpc) is 2.87. The molecule has 1 atom stereocenters. The van der Waals surface area contributed by atoms with Crippen LogP contribution in [0.5, 0.6) is 5.75 Å². The van der Waals surface area contributed by atoms with Crippen LogP contribution in [0.1, 0.15) is 28.7 Å². The number of methoxy groups -OCH3 is 1. The third kappa shape index (κ3) is 4.05. The maximum atomic E-state index is 12.3. The van der Waals surface area contributed by atoms with Gasteiger partial charge < -0.3 is 9.47 Å². The smallest absolute Gasteiger partial charge is 0.328 e. The van der Waals surface area contributed by atoms with Gasteiger partial charge in [0.2, 0.25) is 5.78 Å². The van der Waals surface area contributed by atoms with E-state index < -0.39 is 17.0 Å². The maximum absolute atomic E-state index is 12.3. The molecule has 0 radical (unpaired) electrons. The fourth-order valence-corrected chi connectivity index (χ4v) is 2.51. The summed E-state index contributed by atoms with van der Waals surface area (Å²) in [6.45, 7) is 4.13. The van der Waals surface area contributed by atoms with Gasteiger partial charge in [-0.2, -0.15) is 5.10 Å². The Morgan fingerprint density at radius 1 is 1.27 bits per heavy atom. The third-order valence-electron chi connectivity index (χ3n) is 3.86. The molecular weight excluding hydrogens is 342 g/mol. The van der Waals surface area contributed by atoms with Gasteiger partial charge >= 0.3 is 11.7 Å². The molecule has 0 amide bonds. The minimum Gasteiger partial charge on any atom is -0.497 e. The van der Waals surface area contributed by atoms with E-state index in [4.69, 9.17) is 9.47 Å². The summed E-state index contributed by atoms with van der Waals surface area (Å²) in [7, 11) is 1.52. The number of hydrogen-bond acceptors (Lipinski definition) is 7. The maximum Gasteiger partial charge on any atom is 0.328 e. The molecule has 0 fully saturated rings. The standard InChI is InChI=1S/C17H19N3O6/c1-10-16(20(23)24)11(2)19(18-10)9-15(21)26-12(3)17(22)13-5-7-14(25-4)8-6-13/h5-8,12H,9H2,1-4H3/t12-/m0/s1. The van der Waals surface area contributed by atoms with Gasteiger partial charge in [-0.1, -0.05) is 0 Å². The molecule has 0 spiro atoms. The van der Waals surface area contributed by atoms with Crippen LogP contribution >= 0.6 is 0 Å². The summed E-state index contributed by atoms with van der Waals surface area (Å²) in [5.41, 5.74) is 0.703. The molecule has 9 heteroatoms. The van der Waals surface area contributed by atoms with Gasteiger partial charge in [-0.15, -0.1) is 0 Å². The van der Waals surface area contributed by atoms with Gasteiger partial charge in [0, 0.05) is 5.56 Å². The monoisotopic (exact) mass is 361 g/mol. The SMILES string of the molecule is COc1ccc(C(=O)[C@H](C)OC(=O)Cn2nc(C)c([N+](=O)[O-])c2C)cc1. The number of hydrogen-bond donors (Lipinski definition) is 0. The fraction of sp³-hybridized carbons (Fsp3) is 0.353. The minimum absolute atomic E-state index is 0.139. The number of rotatable bonds is 7. The van der Waals surface area contributed by atoms with E-state index >= 15 is 0 Å². The summed E-state index contributed by atoms with van der Waals surface area (Å²) in [6.07, 6.45) is -0.997. The second kappa shape index (κ2) is 7.77. The van der Waals surface area contributed by atoms with Gasteiger partial charge in [0.25, 0.3) is 0 Å². The second-order valence-corrected chi connectivity index (χ2v) is 5.66. The summed E-state index contributed by atoms with van der Waals surface area (Å²) < 4.78 is 11.4. The van der Waals surface area contributed by atoms with Crippen molar-refractivity contribution in [2.75, 3.05) is 7.11 Å². The first-order valence-corrected chi connectivity index (χ1v) is 7.80. The molecular formula is C17H19N3O6. The summed E-state index contributed by atoms with van der Waals surface area (Å²) in [6, 6.07) is 6.43. The number of carbonyl (C=O) groups excluding carboxylic acids is 2. The topological polar surface area (TPSA) is 114 Å². The Morgan fingerprint density at radius 3 is 2.38 bits per heavy atom. The molecule has 2 rings (SSSR count). The van der Waals surface area contributed by atoms with Crippen LogP contribution in [0.3, 0.4) is 0 Å². The number of aromatic nitrogens is 2. The van der Waals surface area contributed by atoms with Crippen LogP contribution < -0.4 is 4.74 Å². The molecule has 138 valence electrons. The summed E-state index contributed by atoms with van der Waals surface area (Å²) in [4.78, 5) is 34.8. The Hall–Kier alpha value is -3.23. The quantitative estimate of drug-likeness (QED) is 0.321. The lowest BCUT2D eigenvalue weighted by molar-refractivity contribution is -0.386. The number of Topliss-reactive ketones (excluding diaryl/α,β-unsaturated/α-hetero) is 1. The lowest BCUT2D eigenvalue weighted by Crippen LogP contribution is -2.27. The van der Waals surface area contributed by atoms with Crippen molar-refractivity contribution in [1.82, 2.24) is 9.78 Å². The molecule has 26 heavy (non-hydrogen) atoms.